The van der Waals surface area contributed by atoms with Gasteiger partial charge in [0.25, 0.3) is 0 Å². The molecule has 0 unspecified atom stereocenters. The Hall–Kier alpha value is -1.03. The summed E-state index contributed by atoms with van der Waals surface area (Å²) in [4.78, 5) is 4.32. The van der Waals surface area contributed by atoms with E-state index in [2.05, 4.69) is 10.3 Å². The first-order valence-corrected chi connectivity index (χ1v) is 5.99. The van der Waals surface area contributed by atoms with Gasteiger partial charge in [-0.25, -0.2) is 4.39 Å². The van der Waals surface area contributed by atoms with Crippen LogP contribution in [0, 0.1) is 5.82 Å². The van der Waals surface area contributed by atoms with Crippen LogP contribution in [0.3, 0.4) is 0 Å². The van der Waals surface area contributed by atoms with Crippen molar-refractivity contribution in [3.63, 3.8) is 0 Å². The van der Waals surface area contributed by atoms with Gasteiger partial charge in [-0.2, -0.15) is 0 Å². The van der Waals surface area contributed by atoms with Crippen LogP contribution < -0.4 is 5.32 Å². The lowest BCUT2D eigenvalue weighted by Gasteiger charge is -2.13. The second-order valence-electron chi connectivity index (χ2n) is 3.33. The summed E-state index contributed by atoms with van der Waals surface area (Å²) in [6.45, 7) is 1.39. The zero-order chi connectivity index (χ0) is 10.5. The first-order valence-electron chi connectivity index (χ1n) is 5.01. The van der Waals surface area contributed by atoms with Gasteiger partial charge in [-0.3, -0.25) is 4.99 Å². The summed E-state index contributed by atoms with van der Waals surface area (Å²) >= 11 is 1.70. The molecule has 15 heavy (non-hydrogen) atoms. The molecule has 0 aromatic heterocycles. The maximum Gasteiger partial charge on any atom is 0.156 e. The normalized spacial score (nSPS) is 15.9. The monoisotopic (exact) mass is 224 g/mol. The van der Waals surface area contributed by atoms with Crippen LogP contribution in [-0.2, 0) is 6.54 Å². The van der Waals surface area contributed by atoms with E-state index in [1.807, 2.05) is 6.07 Å². The number of rotatable bonds is 2. The average Bonchev–Trinajstić information content (AvgIpc) is 2.29. The highest BCUT2D eigenvalue weighted by Gasteiger charge is 2.06. The molecule has 0 bridgehead atoms. The second-order valence-corrected chi connectivity index (χ2v) is 4.42. The van der Waals surface area contributed by atoms with Gasteiger partial charge in [-0.1, -0.05) is 30.0 Å². The summed E-state index contributed by atoms with van der Waals surface area (Å²) in [5, 5.41) is 4.09. The fraction of sp³-hybridized carbons (Fsp3) is 0.364. The number of nitrogens with one attached hydrogen (secondary N) is 1. The van der Waals surface area contributed by atoms with E-state index in [4.69, 9.17) is 0 Å². The van der Waals surface area contributed by atoms with Crippen LogP contribution in [0.2, 0.25) is 0 Å². The highest BCUT2D eigenvalue weighted by Crippen LogP contribution is 2.11. The summed E-state index contributed by atoms with van der Waals surface area (Å²) in [5.74, 6) is 0.940. The molecular weight excluding hydrogens is 211 g/mol. The number of aliphatic imine (C=N–C) groups is 1. The lowest BCUT2D eigenvalue weighted by molar-refractivity contribution is 0.606. The Morgan fingerprint density at radius 3 is 3.00 bits per heavy atom. The van der Waals surface area contributed by atoms with Gasteiger partial charge >= 0.3 is 0 Å². The molecule has 1 aliphatic rings. The summed E-state index contributed by atoms with van der Waals surface area (Å²) in [7, 11) is 0. The molecule has 1 aromatic carbocycles. The molecule has 0 radical (unpaired) electrons. The average molecular weight is 224 g/mol. The van der Waals surface area contributed by atoms with Crippen LogP contribution in [-0.4, -0.2) is 17.5 Å². The van der Waals surface area contributed by atoms with Gasteiger partial charge < -0.3 is 5.32 Å². The summed E-state index contributed by atoms with van der Waals surface area (Å²) < 4.78 is 13.3. The smallest absolute Gasteiger partial charge is 0.156 e. The third-order valence-corrected chi connectivity index (χ3v) is 3.22. The minimum Gasteiger partial charge on any atom is -0.361 e. The zero-order valence-corrected chi connectivity index (χ0v) is 9.19. The highest BCUT2D eigenvalue weighted by molar-refractivity contribution is 8.13. The van der Waals surface area contributed by atoms with E-state index in [-0.39, 0.29) is 5.82 Å². The van der Waals surface area contributed by atoms with Crippen LogP contribution in [0.4, 0.5) is 4.39 Å². The van der Waals surface area contributed by atoms with Gasteiger partial charge in [0.2, 0.25) is 0 Å². The van der Waals surface area contributed by atoms with Crippen molar-refractivity contribution in [2.45, 2.75) is 13.0 Å². The number of thioether (sulfide) groups is 1. The molecule has 1 N–H and O–H groups in total. The number of amidine groups is 1. The van der Waals surface area contributed by atoms with Crippen molar-refractivity contribution in [2.75, 3.05) is 12.3 Å². The molecule has 0 saturated carbocycles. The molecule has 0 fully saturated rings. The predicted molar refractivity (Wildman–Crippen MR) is 62.6 cm³/mol. The van der Waals surface area contributed by atoms with Crippen molar-refractivity contribution in [2.24, 2.45) is 4.99 Å². The van der Waals surface area contributed by atoms with Crippen molar-refractivity contribution in [3.8, 4) is 0 Å². The molecule has 1 aliphatic heterocycles. The van der Waals surface area contributed by atoms with E-state index in [0.29, 0.717) is 12.1 Å². The number of nitrogens with zero attached hydrogens (tertiary/aromatic N) is 1. The molecule has 0 amide bonds. The fourth-order valence-electron chi connectivity index (χ4n) is 1.38. The Balaban J connectivity index is 1.93. The molecule has 0 atom stereocenters. The molecule has 2 nitrogen and oxygen atoms in total. The largest absolute Gasteiger partial charge is 0.361 e. The van der Waals surface area contributed by atoms with Crippen molar-refractivity contribution in [1.82, 2.24) is 5.32 Å². The van der Waals surface area contributed by atoms with Crippen LogP contribution >= 0.6 is 11.8 Å². The summed E-state index contributed by atoms with van der Waals surface area (Å²) in [6.07, 6.45) is 1.13. The molecular formula is C11H13FN2S. The van der Waals surface area contributed by atoms with Crippen LogP contribution in [0.5, 0.6) is 0 Å². The van der Waals surface area contributed by atoms with Crippen molar-refractivity contribution in [1.29, 1.82) is 0 Å². The molecule has 80 valence electrons. The molecule has 4 heteroatoms. The van der Waals surface area contributed by atoms with Gasteiger partial charge in [0.05, 0.1) is 0 Å². The SMILES string of the molecule is Fc1ccccc1CNC1=NCCCS1. The molecule has 0 saturated heterocycles. The lowest BCUT2D eigenvalue weighted by Crippen LogP contribution is -2.23. The molecule has 1 aromatic rings. The Morgan fingerprint density at radius 1 is 1.40 bits per heavy atom. The van der Waals surface area contributed by atoms with E-state index in [0.717, 1.165) is 23.9 Å². The maximum atomic E-state index is 13.3. The highest BCUT2D eigenvalue weighted by atomic mass is 32.2. The Kier molecular flexibility index (Phi) is 3.61. The third-order valence-electron chi connectivity index (χ3n) is 2.18. The van der Waals surface area contributed by atoms with Gasteiger partial charge in [0, 0.05) is 24.4 Å². The van der Waals surface area contributed by atoms with E-state index < -0.39 is 0 Å². The topological polar surface area (TPSA) is 24.4 Å². The number of hydrogen-bond donors (Lipinski definition) is 1. The Labute approximate surface area is 93.0 Å². The predicted octanol–water partition coefficient (Wildman–Crippen LogP) is 2.41. The van der Waals surface area contributed by atoms with Gasteiger partial charge in [-0.15, -0.1) is 0 Å². The Morgan fingerprint density at radius 2 is 2.27 bits per heavy atom. The number of hydrogen-bond acceptors (Lipinski definition) is 3. The lowest BCUT2D eigenvalue weighted by atomic mass is 10.2. The Bertz CT molecular complexity index is 365. The van der Waals surface area contributed by atoms with Crippen LogP contribution in [0.25, 0.3) is 0 Å². The fourth-order valence-corrected chi connectivity index (χ4v) is 2.20. The third kappa shape index (κ3) is 2.96. The zero-order valence-electron chi connectivity index (χ0n) is 8.37. The second kappa shape index (κ2) is 5.16. The van der Waals surface area contributed by atoms with Crippen molar-refractivity contribution in [3.05, 3.63) is 35.6 Å². The van der Waals surface area contributed by atoms with Crippen LogP contribution in [0.1, 0.15) is 12.0 Å². The quantitative estimate of drug-likeness (QED) is 0.834. The van der Waals surface area contributed by atoms with E-state index in [1.165, 1.54) is 6.07 Å². The van der Waals surface area contributed by atoms with Gasteiger partial charge in [0.15, 0.2) is 5.17 Å². The van der Waals surface area contributed by atoms with Crippen molar-refractivity contribution < 1.29 is 4.39 Å². The number of benzene rings is 1. The van der Waals surface area contributed by atoms with Crippen molar-refractivity contribution >= 4 is 16.9 Å². The van der Waals surface area contributed by atoms with Crippen LogP contribution in [0.15, 0.2) is 29.3 Å². The van der Waals surface area contributed by atoms with Gasteiger partial charge in [-0.05, 0) is 12.5 Å². The molecule has 0 aliphatic carbocycles. The first kappa shape index (κ1) is 10.5. The molecule has 1 heterocycles. The first-order chi connectivity index (χ1) is 7.36. The summed E-state index contributed by atoms with van der Waals surface area (Å²) in [5.41, 5.74) is 0.686. The molecule has 0 spiro atoms. The van der Waals surface area contributed by atoms with E-state index >= 15 is 0 Å². The summed E-state index contributed by atoms with van der Waals surface area (Å²) in [6, 6.07) is 6.81. The standard InChI is InChI=1S/C11H13FN2S/c12-10-5-2-1-4-9(10)8-14-11-13-6-3-7-15-11/h1-2,4-5H,3,6-8H2,(H,13,14). The minimum atomic E-state index is -0.161. The maximum absolute atomic E-state index is 13.3. The van der Waals surface area contributed by atoms with Gasteiger partial charge in [0.1, 0.15) is 5.82 Å². The van der Waals surface area contributed by atoms with E-state index in [1.54, 1.807) is 23.9 Å². The van der Waals surface area contributed by atoms with E-state index in [9.17, 15) is 4.39 Å². The molecule has 2 rings (SSSR count). The number of halogens is 1. The minimum absolute atomic E-state index is 0.161.